The molecule has 0 heterocycles. The van der Waals surface area contributed by atoms with Gasteiger partial charge in [0.05, 0.1) is 0 Å². The van der Waals surface area contributed by atoms with E-state index >= 15 is 0 Å². The standard InChI is InChI=1S/C6H10F4/c1-2-5(8)3-6(9,10)4-7/h5H,2-4H2,1H3/t5-/m0/s1. The fourth-order valence-corrected chi connectivity index (χ4v) is 0.523. The van der Waals surface area contributed by atoms with Crippen LogP contribution in [0.1, 0.15) is 19.8 Å². The van der Waals surface area contributed by atoms with Crippen molar-refractivity contribution in [2.45, 2.75) is 31.9 Å². The first-order valence-corrected chi connectivity index (χ1v) is 3.09. The zero-order chi connectivity index (χ0) is 8.20. The molecule has 0 saturated heterocycles. The molecule has 10 heavy (non-hydrogen) atoms. The second-order valence-corrected chi connectivity index (χ2v) is 2.20. The first kappa shape index (κ1) is 9.72. The van der Waals surface area contributed by atoms with Gasteiger partial charge in [-0.3, -0.25) is 0 Å². The summed E-state index contributed by atoms with van der Waals surface area (Å²) in [5, 5.41) is 0. The maximum atomic E-state index is 12.2. The van der Waals surface area contributed by atoms with Crippen molar-refractivity contribution in [1.82, 2.24) is 0 Å². The molecular weight excluding hydrogens is 148 g/mol. The van der Waals surface area contributed by atoms with E-state index in [-0.39, 0.29) is 6.42 Å². The van der Waals surface area contributed by atoms with E-state index in [2.05, 4.69) is 0 Å². The summed E-state index contributed by atoms with van der Waals surface area (Å²) >= 11 is 0. The third-order valence-corrected chi connectivity index (χ3v) is 1.16. The lowest BCUT2D eigenvalue weighted by Crippen LogP contribution is -2.23. The van der Waals surface area contributed by atoms with Gasteiger partial charge in [0.2, 0.25) is 0 Å². The first-order chi connectivity index (χ1) is 4.52. The largest absolute Gasteiger partial charge is 0.278 e. The third kappa shape index (κ3) is 3.69. The molecule has 62 valence electrons. The van der Waals surface area contributed by atoms with E-state index < -0.39 is 25.2 Å². The average Bonchev–Trinajstić information content (AvgIpc) is 1.87. The van der Waals surface area contributed by atoms with Gasteiger partial charge >= 0.3 is 0 Å². The Morgan fingerprint density at radius 1 is 1.40 bits per heavy atom. The fourth-order valence-electron chi connectivity index (χ4n) is 0.523. The van der Waals surface area contributed by atoms with E-state index in [1.807, 2.05) is 0 Å². The summed E-state index contributed by atoms with van der Waals surface area (Å²) < 4.78 is 47.5. The lowest BCUT2D eigenvalue weighted by molar-refractivity contribution is -0.0479. The van der Waals surface area contributed by atoms with E-state index in [0.717, 1.165) is 0 Å². The molecule has 0 amide bonds. The molecule has 0 radical (unpaired) electrons. The number of hydrogen-bond acceptors (Lipinski definition) is 0. The van der Waals surface area contributed by atoms with Crippen LogP contribution in [-0.4, -0.2) is 18.8 Å². The molecular formula is C6H10F4. The maximum absolute atomic E-state index is 12.2. The van der Waals surface area contributed by atoms with Crippen LogP contribution < -0.4 is 0 Å². The van der Waals surface area contributed by atoms with Gasteiger partial charge in [-0.15, -0.1) is 0 Å². The highest BCUT2D eigenvalue weighted by Crippen LogP contribution is 2.23. The van der Waals surface area contributed by atoms with Crippen LogP contribution in [0.5, 0.6) is 0 Å². The van der Waals surface area contributed by atoms with E-state index in [9.17, 15) is 17.6 Å². The minimum atomic E-state index is -3.48. The van der Waals surface area contributed by atoms with Crippen molar-refractivity contribution in [2.75, 3.05) is 6.67 Å². The monoisotopic (exact) mass is 158 g/mol. The van der Waals surface area contributed by atoms with E-state index in [1.165, 1.54) is 6.92 Å². The fraction of sp³-hybridized carbons (Fsp3) is 1.00. The predicted molar refractivity (Wildman–Crippen MR) is 30.7 cm³/mol. The summed E-state index contributed by atoms with van der Waals surface area (Å²) in [6.07, 6.45) is -2.58. The van der Waals surface area contributed by atoms with Crippen LogP contribution in [0.25, 0.3) is 0 Å². The zero-order valence-electron chi connectivity index (χ0n) is 5.71. The number of hydrogen-bond donors (Lipinski definition) is 0. The summed E-state index contributed by atoms with van der Waals surface area (Å²) in [5.74, 6) is -3.48. The molecule has 0 aliphatic rings. The molecule has 0 spiro atoms. The molecule has 0 saturated carbocycles. The minimum Gasteiger partial charge on any atom is -0.247 e. The second-order valence-electron chi connectivity index (χ2n) is 2.20. The van der Waals surface area contributed by atoms with Gasteiger partial charge in [0.15, 0.2) is 6.67 Å². The predicted octanol–water partition coefficient (Wildman–Crippen LogP) is 2.73. The van der Waals surface area contributed by atoms with Crippen molar-refractivity contribution < 1.29 is 17.6 Å². The third-order valence-electron chi connectivity index (χ3n) is 1.16. The van der Waals surface area contributed by atoms with E-state index in [1.54, 1.807) is 0 Å². The summed E-state index contributed by atoms with van der Waals surface area (Å²) in [4.78, 5) is 0. The van der Waals surface area contributed by atoms with Crippen LogP contribution in [-0.2, 0) is 0 Å². The lowest BCUT2D eigenvalue weighted by Gasteiger charge is -2.13. The maximum Gasteiger partial charge on any atom is 0.278 e. The van der Waals surface area contributed by atoms with Gasteiger partial charge in [0, 0.05) is 6.42 Å². The molecule has 0 aromatic carbocycles. The van der Waals surface area contributed by atoms with Crippen molar-refractivity contribution >= 4 is 0 Å². The second kappa shape index (κ2) is 3.78. The molecule has 0 aromatic rings. The minimum absolute atomic E-state index is 0.00951. The first-order valence-electron chi connectivity index (χ1n) is 3.09. The van der Waals surface area contributed by atoms with Crippen LogP contribution >= 0.6 is 0 Å². The zero-order valence-corrected chi connectivity index (χ0v) is 5.71. The molecule has 0 unspecified atom stereocenters. The van der Waals surface area contributed by atoms with Crippen molar-refractivity contribution in [1.29, 1.82) is 0 Å². The number of rotatable bonds is 4. The SMILES string of the molecule is CC[C@H](F)CC(F)(F)CF. The van der Waals surface area contributed by atoms with Gasteiger partial charge in [0.1, 0.15) is 6.17 Å². The molecule has 4 heteroatoms. The van der Waals surface area contributed by atoms with Crippen LogP contribution in [0.2, 0.25) is 0 Å². The van der Waals surface area contributed by atoms with E-state index in [4.69, 9.17) is 0 Å². The van der Waals surface area contributed by atoms with Crippen LogP contribution in [0.15, 0.2) is 0 Å². The number of alkyl halides is 4. The molecule has 0 bridgehead atoms. The topological polar surface area (TPSA) is 0 Å². The highest BCUT2D eigenvalue weighted by Gasteiger charge is 2.31. The molecule has 0 aliphatic heterocycles. The Morgan fingerprint density at radius 3 is 2.20 bits per heavy atom. The van der Waals surface area contributed by atoms with Gasteiger partial charge in [-0.1, -0.05) is 6.92 Å². The molecule has 0 aromatic heterocycles. The van der Waals surface area contributed by atoms with Gasteiger partial charge in [-0.2, -0.15) is 0 Å². The van der Waals surface area contributed by atoms with Crippen molar-refractivity contribution in [3.05, 3.63) is 0 Å². The Hall–Kier alpha value is -0.280. The van der Waals surface area contributed by atoms with Crippen molar-refractivity contribution in [3.8, 4) is 0 Å². The molecule has 1 atom stereocenters. The number of halogens is 4. The smallest absolute Gasteiger partial charge is 0.247 e. The Bertz CT molecular complexity index is 91.7. The summed E-state index contributed by atoms with van der Waals surface area (Å²) in [6, 6.07) is 0. The van der Waals surface area contributed by atoms with Gasteiger partial charge in [0.25, 0.3) is 5.92 Å². The van der Waals surface area contributed by atoms with Crippen molar-refractivity contribution in [3.63, 3.8) is 0 Å². The average molecular weight is 158 g/mol. The molecule has 0 fully saturated rings. The Balaban J connectivity index is 3.64. The van der Waals surface area contributed by atoms with Gasteiger partial charge < -0.3 is 0 Å². The highest BCUT2D eigenvalue weighted by atomic mass is 19.3. The molecule has 0 nitrogen and oxygen atoms in total. The highest BCUT2D eigenvalue weighted by molar-refractivity contribution is 4.69. The summed E-state index contributed by atoms with van der Waals surface area (Å²) in [5.41, 5.74) is 0. The van der Waals surface area contributed by atoms with Gasteiger partial charge in [-0.05, 0) is 6.42 Å². The van der Waals surface area contributed by atoms with Crippen LogP contribution in [0, 0.1) is 0 Å². The van der Waals surface area contributed by atoms with Crippen molar-refractivity contribution in [2.24, 2.45) is 0 Å². The van der Waals surface area contributed by atoms with Crippen LogP contribution in [0.4, 0.5) is 17.6 Å². The van der Waals surface area contributed by atoms with Crippen LogP contribution in [0.3, 0.4) is 0 Å². The molecule has 0 aliphatic carbocycles. The Labute approximate surface area is 57.2 Å². The lowest BCUT2D eigenvalue weighted by atomic mass is 10.1. The Morgan fingerprint density at radius 2 is 1.90 bits per heavy atom. The Kier molecular flexibility index (Phi) is 3.68. The molecule has 0 N–H and O–H groups in total. The summed E-state index contributed by atoms with van der Waals surface area (Å²) in [6.45, 7) is -0.327. The molecule has 0 rings (SSSR count). The van der Waals surface area contributed by atoms with E-state index in [0.29, 0.717) is 0 Å². The normalized spacial score (nSPS) is 15.3. The van der Waals surface area contributed by atoms with Gasteiger partial charge in [-0.25, -0.2) is 17.6 Å². The quantitative estimate of drug-likeness (QED) is 0.552. The summed E-state index contributed by atoms with van der Waals surface area (Å²) in [7, 11) is 0.